The average molecular weight is 365 g/mol. The van der Waals surface area contributed by atoms with Gasteiger partial charge in [-0.15, -0.1) is 0 Å². The summed E-state index contributed by atoms with van der Waals surface area (Å²) in [4.78, 5) is 50.6. The molecule has 6 heteroatoms. The Balaban J connectivity index is 1.79. The van der Waals surface area contributed by atoms with Crippen LogP contribution >= 0.6 is 0 Å². The SMILES string of the molecule is CC(C)N1C(=O)c2ccc(C(=O)O[C@@H](C)C(=O)c3ccccc3)cc2C1=O. The van der Waals surface area contributed by atoms with Crippen molar-refractivity contribution in [1.29, 1.82) is 0 Å². The summed E-state index contributed by atoms with van der Waals surface area (Å²) in [5.41, 5.74) is 0.997. The monoisotopic (exact) mass is 365 g/mol. The van der Waals surface area contributed by atoms with Crippen LogP contribution in [0, 0.1) is 0 Å². The molecule has 0 bridgehead atoms. The van der Waals surface area contributed by atoms with E-state index in [2.05, 4.69) is 0 Å². The Morgan fingerprint density at radius 2 is 1.48 bits per heavy atom. The molecule has 1 aliphatic rings. The number of rotatable bonds is 5. The fourth-order valence-corrected chi connectivity index (χ4v) is 2.97. The fourth-order valence-electron chi connectivity index (χ4n) is 2.97. The number of carbonyl (C=O) groups excluding carboxylic acids is 4. The topological polar surface area (TPSA) is 80.8 Å². The maximum atomic E-state index is 12.4. The van der Waals surface area contributed by atoms with Gasteiger partial charge in [-0.25, -0.2) is 4.79 Å². The zero-order valence-electron chi connectivity index (χ0n) is 15.3. The minimum atomic E-state index is -0.974. The number of hydrogen-bond acceptors (Lipinski definition) is 5. The molecule has 0 spiro atoms. The largest absolute Gasteiger partial charge is 0.451 e. The van der Waals surface area contributed by atoms with Gasteiger partial charge in [0.1, 0.15) is 0 Å². The lowest BCUT2D eigenvalue weighted by atomic mass is 10.1. The molecule has 138 valence electrons. The van der Waals surface area contributed by atoms with Gasteiger partial charge in [0.25, 0.3) is 11.8 Å². The second-order valence-electron chi connectivity index (χ2n) is 6.61. The van der Waals surface area contributed by atoms with Crippen LogP contribution in [0.25, 0.3) is 0 Å². The summed E-state index contributed by atoms with van der Waals surface area (Å²) < 4.78 is 5.25. The lowest BCUT2D eigenvalue weighted by molar-refractivity contribution is 0.0318. The smallest absolute Gasteiger partial charge is 0.338 e. The van der Waals surface area contributed by atoms with E-state index < -0.39 is 18.0 Å². The standard InChI is InChI=1S/C21H19NO5/c1-12(2)22-19(24)16-10-9-15(11-17(16)20(22)25)21(26)27-13(3)18(23)14-7-5-4-6-8-14/h4-13H,1-3H3/t13-/m0/s1. The van der Waals surface area contributed by atoms with Crippen LogP contribution in [0.1, 0.15) is 62.2 Å². The summed E-state index contributed by atoms with van der Waals surface area (Å²) in [5.74, 6) is -1.86. The number of esters is 1. The Morgan fingerprint density at radius 1 is 0.852 bits per heavy atom. The number of hydrogen-bond donors (Lipinski definition) is 0. The molecule has 2 amide bonds. The van der Waals surface area contributed by atoms with E-state index in [-0.39, 0.29) is 34.4 Å². The van der Waals surface area contributed by atoms with Gasteiger partial charge in [0.2, 0.25) is 5.78 Å². The molecule has 1 aliphatic heterocycles. The van der Waals surface area contributed by atoms with E-state index in [1.54, 1.807) is 44.2 Å². The van der Waals surface area contributed by atoms with Crippen LogP contribution in [0.2, 0.25) is 0 Å². The summed E-state index contributed by atoms with van der Waals surface area (Å²) in [6.45, 7) is 4.98. The number of amides is 2. The van der Waals surface area contributed by atoms with E-state index in [1.165, 1.54) is 25.1 Å². The van der Waals surface area contributed by atoms with Gasteiger partial charge in [-0.2, -0.15) is 0 Å². The van der Waals surface area contributed by atoms with Crippen molar-refractivity contribution < 1.29 is 23.9 Å². The van der Waals surface area contributed by atoms with Crippen LogP contribution in [0.15, 0.2) is 48.5 Å². The van der Waals surface area contributed by atoms with Crippen molar-refractivity contribution in [2.24, 2.45) is 0 Å². The molecule has 2 aromatic rings. The molecule has 2 aromatic carbocycles. The molecule has 0 aliphatic carbocycles. The average Bonchev–Trinajstić information content (AvgIpc) is 2.91. The zero-order chi connectivity index (χ0) is 19.7. The van der Waals surface area contributed by atoms with E-state index in [9.17, 15) is 19.2 Å². The van der Waals surface area contributed by atoms with Crippen LogP contribution in [-0.4, -0.2) is 40.6 Å². The highest BCUT2D eigenvalue weighted by atomic mass is 16.5. The molecule has 0 N–H and O–H groups in total. The maximum Gasteiger partial charge on any atom is 0.338 e. The van der Waals surface area contributed by atoms with Crippen molar-refractivity contribution in [1.82, 2.24) is 4.90 Å². The zero-order valence-corrected chi connectivity index (χ0v) is 15.3. The molecule has 1 heterocycles. The van der Waals surface area contributed by atoms with Gasteiger partial charge in [-0.3, -0.25) is 19.3 Å². The van der Waals surface area contributed by atoms with Crippen LogP contribution < -0.4 is 0 Å². The third-order valence-corrected chi connectivity index (χ3v) is 4.38. The molecule has 0 saturated carbocycles. The Hall–Kier alpha value is -3.28. The Morgan fingerprint density at radius 3 is 2.11 bits per heavy atom. The summed E-state index contributed by atoms with van der Waals surface area (Å²) in [6, 6.07) is 12.5. The number of Topliss-reactive ketones (excluding diaryl/α,β-unsaturated/α-hetero) is 1. The molecule has 0 unspecified atom stereocenters. The number of ether oxygens (including phenoxy) is 1. The first-order valence-electron chi connectivity index (χ1n) is 8.63. The first-order chi connectivity index (χ1) is 12.8. The van der Waals surface area contributed by atoms with E-state index in [0.717, 1.165) is 4.90 Å². The van der Waals surface area contributed by atoms with E-state index in [1.807, 2.05) is 0 Å². The molecule has 0 aromatic heterocycles. The number of ketones is 1. The Kier molecular flexibility index (Phi) is 4.90. The van der Waals surface area contributed by atoms with Crippen molar-refractivity contribution in [3.8, 4) is 0 Å². The summed E-state index contributed by atoms with van der Waals surface area (Å²) >= 11 is 0. The minimum absolute atomic E-state index is 0.119. The highest BCUT2D eigenvalue weighted by molar-refractivity contribution is 6.22. The third kappa shape index (κ3) is 3.38. The van der Waals surface area contributed by atoms with Gasteiger partial charge < -0.3 is 4.74 Å². The van der Waals surface area contributed by atoms with Gasteiger partial charge in [-0.1, -0.05) is 30.3 Å². The molecular weight excluding hydrogens is 346 g/mol. The number of carbonyl (C=O) groups is 4. The van der Waals surface area contributed by atoms with Crippen molar-refractivity contribution in [3.63, 3.8) is 0 Å². The Bertz CT molecular complexity index is 933. The third-order valence-electron chi connectivity index (χ3n) is 4.38. The lowest BCUT2D eigenvalue weighted by Crippen LogP contribution is -2.35. The summed E-state index contributed by atoms with van der Waals surface area (Å²) in [7, 11) is 0. The summed E-state index contributed by atoms with van der Waals surface area (Å²) in [5, 5.41) is 0. The number of benzene rings is 2. The van der Waals surface area contributed by atoms with Gasteiger partial charge in [-0.05, 0) is 39.0 Å². The predicted molar refractivity (Wildman–Crippen MR) is 97.7 cm³/mol. The molecular formula is C21H19NO5. The van der Waals surface area contributed by atoms with E-state index in [0.29, 0.717) is 5.56 Å². The molecule has 1 atom stereocenters. The van der Waals surface area contributed by atoms with Crippen molar-refractivity contribution >= 4 is 23.6 Å². The van der Waals surface area contributed by atoms with E-state index >= 15 is 0 Å². The minimum Gasteiger partial charge on any atom is -0.451 e. The highest BCUT2D eigenvalue weighted by Gasteiger charge is 2.37. The number of imide groups is 1. The normalized spacial score (nSPS) is 14.3. The number of nitrogens with zero attached hydrogens (tertiary/aromatic N) is 1. The molecule has 3 rings (SSSR count). The molecule has 0 radical (unpaired) electrons. The predicted octanol–water partition coefficient (Wildman–Crippen LogP) is 3.12. The van der Waals surface area contributed by atoms with Crippen LogP contribution in [0.3, 0.4) is 0 Å². The van der Waals surface area contributed by atoms with Crippen molar-refractivity contribution in [3.05, 3.63) is 70.8 Å². The molecule has 27 heavy (non-hydrogen) atoms. The number of fused-ring (bicyclic) bond motifs is 1. The van der Waals surface area contributed by atoms with E-state index in [4.69, 9.17) is 4.74 Å². The second kappa shape index (κ2) is 7.15. The van der Waals surface area contributed by atoms with Crippen LogP contribution in [0.4, 0.5) is 0 Å². The van der Waals surface area contributed by atoms with Gasteiger partial charge in [0.15, 0.2) is 6.10 Å². The lowest BCUT2D eigenvalue weighted by Gasteiger charge is -2.17. The first-order valence-corrected chi connectivity index (χ1v) is 8.63. The van der Waals surface area contributed by atoms with Crippen LogP contribution in [0.5, 0.6) is 0 Å². The van der Waals surface area contributed by atoms with Gasteiger partial charge >= 0.3 is 5.97 Å². The van der Waals surface area contributed by atoms with Crippen molar-refractivity contribution in [2.45, 2.75) is 32.9 Å². The van der Waals surface area contributed by atoms with Gasteiger partial charge in [0.05, 0.1) is 16.7 Å². The maximum absolute atomic E-state index is 12.4. The van der Waals surface area contributed by atoms with Crippen LogP contribution in [-0.2, 0) is 4.74 Å². The van der Waals surface area contributed by atoms with Gasteiger partial charge in [0, 0.05) is 11.6 Å². The fraction of sp³-hybridized carbons (Fsp3) is 0.238. The molecule has 0 fully saturated rings. The highest BCUT2D eigenvalue weighted by Crippen LogP contribution is 2.26. The van der Waals surface area contributed by atoms with Crippen molar-refractivity contribution in [2.75, 3.05) is 0 Å². The second-order valence-corrected chi connectivity index (χ2v) is 6.61. The molecule has 0 saturated heterocycles. The first kappa shape index (κ1) is 18.5. The quantitative estimate of drug-likeness (QED) is 0.462. The Labute approximate surface area is 156 Å². The summed E-state index contributed by atoms with van der Waals surface area (Å²) in [6.07, 6.45) is -0.974. The molecule has 6 nitrogen and oxygen atoms in total.